The second-order valence-electron chi connectivity index (χ2n) is 9.52. The van der Waals surface area contributed by atoms with Crippen molar-refractivity contribution in [2.24, 2.45) is 5.41 Å². The Kier molecular flexibility index (Phi) is 6.96. The number of hydrogen-bond acceptors (Lipinski definition) is 5. The third kappa shape index (κ3) is 4.89. The number of aliphatic hydroxyl groups is 1. The summed E-state index contributed by atoms with van der Waals surface area (Å²) < 4.78 is 0. The fraction of sp³-hybridized carbons (Fsp3) is 0.560. The molecule has 7 heteroatoms. The first-order chi connectivity index (χ1) is 15.4. The molecule has 6 nitrogen and oxygen atoms in total. The van der Waals surface area contributed by atoms with Gasteiger partial charge in [-0.25, -0.2) is 4.98 Å². The molecule has 2 atom stereocenters. The smallest absolute Gasteiger partial charge is 0.243 e. The van der Waals surface area contributed by atoms with Crippen LogP contribution in [-0.4, -0.2) is 52.0 Å². The van der Waals surface area contributed by atoms with E-state index in [0.717, 1.165) is 60.2 Å². The molecule has 1 saturated heterocycles. The number of aromatic nitrogens is 1. The summed E-state index contributed by atoms with van der Waals surface area (Å²) in [4.78, 5) is 33.5. The highest BCUT2D eigenvalue weighted by Gasteiger charge is 2.45. The largest absolute Gasteiger partial charge is 0.391 e. The standard InChI is InChI=1S/C25H33N3O3S/c1-17-22(32-16-27-17)19-8-6-7-18(9-10-19)14-26-23(30)21-13-20(29)15-28(21)24(31)25(2)11-4-3-5-12-25/h6,8-10,16,20-21,29H,3-5,7,11-15H2,1-2H3,(H,26,30)/t20-,21+/m1/s1. The Morgan fingerprint density at radius 2 is 2.06 bits per heavy atom. The van der Waals surface area contributed by atoms with Gasteiger partial charge in [-0.1, -0.05) is 50.5 Å². The third-order valence-electron chi connectivity index (χ3n) is 6.99. The predicted molar refractivity (Wildman–Crippen MR) is 127 cm³/mol. The zero-order valence-electron chi connectivity index (χ0n) is 19.0. The number of likely N-dealkylation sites (tertiary alicyclic amines) is 1. The molecule has 1 aliphatic heterocycles. The van der Waals surface area contributed by atoms with Crippen LogP contribution < -0.4 is 5.32 Å². The second-order valence-corrected chi connectivity index (χ2v) is 10.4. The van der Waals surface area contributed by atoms with Gasteiger partial charge in [0, 0.05) is 24.9 Å². The lowest BCUT2D eigenvalue weighted by atomic mass is 9.74. The van der Waals surface area contributed by atoms with Crippen LogP contribution >= 0.6 is 11.3 Å². The van der Waals surface area contributed by atoms with Crippen molar-refractivity contribution in [1.29, 1.82) is 0 Å². The molecular weight excluding hydrogens is 422 g/mol. The van der Waals surface area contributed by atoms with E-state index in [1.807, 2.05) is 19.4 Å². The molecule has 2 amide bonds. The van der Waals surface area contributed by atoms with Crippen LogP contribution in [0.3, 0.4) is 0 Å². The number of aryl methyl sites for hydroxylation is 1. The summed E-state index contributed by atoms with van der Waals surface area (Å²) in [5.74, 6) is -0.149. The number of aliphatic hydroxyl groups excluding tert-OH is 1. The van der Waals surface area contributed by atoms with Gasteiger partial charge < -0.3 is 15.3 Å². The van der Waals surface area contributed by atoms with E-state index in [2.05, 4.69) is 34.6 Å². The van der Waals surface area contributed by atoms with Gasteiger partial charge in [0.05, 0.1) is 22.2 Å². The predicted octanol–water partition coefficient (Wildman–Crippen LogP) is 3.77. The van der Waals surface area contributed by atoms with Crippen LogP contribution in [0.2, 0.25) is 0 Å². The first-order valence-corrected chi connectivity index (χ1v) is 12.5. The quantitative estimate of drug-likeness (QED) is 0.708. The summed E-state index contributed by atoms with van der Waals surface area (Å²) in [7, 11) is 0. The monoisotopic (exact) mass is 455 g/mol. The maximum Gasteiger partial charge on any atom is 0.243 e. The van der Waals surface area contributed by atoms with Crippen LogP contribution in [0.5, 0.6) is 0 Å². The van der Waals surface area contributed by atoms with Gasteiger partial charge in [0.2, 0.25) is 11.8 Å². The minimum absolute atomic E-state index is 0.0259. The van der Waals surface area contributed by atoms with E-state index in [-0.39, 0.29) is 18.4 Å². The Labute approximate surface area is 194 Å². The minimum atomic E-state index is -0.643. The number of carbonyl (C=O) groups is 2. The highest BCUT2D eigenvalue weighted by Crippen LogP contribution is 2.39. The maximum absolute atomic E-state index is 13.3. The molecule has 1 saturated carbocycles. The molecular formula is C25H33N3O3S. The molecule has 2 N–H and O–H groups in total. The molecule has 3 aliphatic rings. The molecule has 0 aromatic carbocycles. The SMILES string of the molecule is Cc1ncsc1C1=CC=C(CNC(=O)[C@@H]2C[C@@H](O)CN2C(=O)C2(C)CCCCC2)CC=C1. The Morgan fingerprint density at radius 1 is 1.28 bits per heavy atom. The average Bonchev–Trinajstić information content (AvgIpc) is 3.30. The van der Waals surface area contributed by atoms with E-state index in [0.29, 0.717) is 13.0 Å². The molecule has 172 valence electrons. The van der Waals surface area contributed by atoms with E-state index in [9.17, 15) is 14.7 Å². The molecule has 0 spiro atoms. The van der Waals surface area contributed by atoms with E-state index in [1.165, 1.54) is 0 Å². The summed E-state index contributed by atoms with van der Waals surface area (Å²) in [6, 6.07) is -0.593. The van der Waals surface area contributed by atoms with E-state index in [1.54, 1.807) is 16.2 Å². The third-order valence-corrected chi connectivity index (χ3v) is 7.97. The molecule has 1 aromatic rings. The fourth-order valence-corrected chi connectivity index (χ4v) is 5.84. The van der Waals surface area contributed by atoms with Gasteiger partial charge in [-0.2, -0.15) is 0 Å². The fourth-order valence-electron chi connectivity index (χ4n) is 5.03. The minimum Gasteiger partial charge on any atom is -0.391 e. The van der Waals surface area contributed by atoms with Crippen molar-refractivity contribution in [1.82, 2.24) is 15.2 Å². The van der Waals surface area contributed by atoms with Gasteiger partial charge >= 0.3 is 0 Å². The van der Waals surface area contributed by atoms with Gasteiger partial charge in [-0.05, 0) is 37.3 Å². The number of thiazole rings is 1. The molecule has 32 heavy (non-hydrogen) atoms. The second kappa shape index (κ2) is 9.71. The number of carbonyl (C=O) groups excluding carboxylic acids is 2. The number of β-amino-alcohol motifs (C(OH)–C–C–N with tert-alkyl or cyclic N) is 1. The Hall–Kier alpha value is -2.25. The van der Waals surface area contributed by atoms with Crippen molar-refractivity contribution in [3.63, 3.8) is 0 Å². The van der Waals surface area contributed by atoms with Gasteiger partial charge in [-0.3, -0.25) is 9.59 Å². The zero-order chi connectivity index (χ0) is 22.7. The van der Waals surface area contributed by atoms with E-state index < -0.39 is 17.6 Å². The number of nitrogens with zero attached hydrogens (tertiary/aromatic N) is 2. The van der Waals surface area contributed by atoms with Crippen LogP contribution in [0.4, 0.5) is 0 Å². The van der Waals surface area contributed by atoms with Crippen molar-refractivity contribution in [2.45, 2.75) is 70.9 Å². The van der Waals surface area contributed by atoms with Crippen molar-refractivity contribution in [2.75, 3.05) is 13.1 Å². The lowest BCUT2D eigenvalue weighted by molar-refractivity contribution is -0.147. The number of rotatable bonds is 5. The number of amides is 2. The summed E-state index contributed by atoms with van der Waals surface area (Å²) >= 11 is 1.63. The number of nitrogens with one attached hydrogen (secondary N) is 1. The number of hydrogen-bond donors (Lipinski definition) is 2. The van der Waals surface area contributed by atoms with Crippen LogP contribution in [0.1, 0.15) is 62.4 Å². The normalized spacial score (nSPS) is 25.2. The van der Waals surface area contributed by atoms with Crippen molar-refractivity contribution < 1.29 is 14.7 Å². The Bertz CT molecular complexity index is 955. The highest BCUT2D eigenvalue weighted by atomic mass is 32.1. The van der Waals surface area contributed by atoms with E-state index in [4.69, 9.17) is 0 Å². The molecule has 2 fully saturated rings. The van der Waals surface area contributed by atoms with Crippen LogP contribution in [-0.2, 0) is 9.59 Å². The first-order valence-electron chi connectivity index (χ1n) is 11.6. The number of allylic oxidation sites excluding steroid dienone is 5. The topological polar surface area (TPSA) is 82.5 Å². The summed E-state index contributed by atoms with van der Waals surface area (Å²) in [6.45, 7) is 4.71. The summed E-state index contributed by atoms with van der Waals surface area (Å²) in [5.41, 5.74) is 4.69. The first kappa shape index (κ1) is 22.9. The van der Waals surface area contributed by atoms with Crippen LogP contribution in [0.15, 0.2) is 35.4 Å². The van der Waals surface area contributed by atoms with Crippen molar-refractivity contribution in [3.05, 3.63) is 46.0 Å². The lowest BCUT2D eigenvalue weighted by Gasteiger charge is -2.37. The van der Waals surface area contributed by atoms with Gasteiger partial charge in [-0.15, -0.1) is 11.3 Å². The molecule has 2 aliphatic carbocycles. The molecule has 4 rings (SSSR count). The Morgan fingerprint density at radius 3 is 2.78 bits per heavy atom. The summed E-state index contributed by atoms with van der Waals surface area (Å²) in [6.07, 6.45) is 13.7. The summed E-state index contributed by atoms with van der Waals surface area (Å²) in [5, 5.41) is 13.3. The molecule has 0 bridgehead atoms. The average molecular weight is 456 g/mol. The zero-order valence-corrected chi connectivity index (χ0v) is 19.8. The van der Waals surface area contributed by atoms with Gasteiger partial charge in [0.1, 0.15) is 6.04 Å². The molecule has 2 heterocycles. The van der Waals surface area contributed by atoms with Gasteiger partial charge in [0.15, 0.2) is 0 Å². The lowest BCUT2D eigenvalue weighted by Crippen LogP contribution is -2.51. The molecule has 0 unspecified atom stereocenters. The Balaban J connectivity index is 1.40. The highest BCUT2D eigenvalue weighted by molar-refractivity contribution is 7.11. The van der Waals surface area contributed by atoms with Crippen LogP contribution in [0, 0.1) is 12.3 Å². The molecule has 0 radical (unpaired) electrons. The van der Waals surface area contributed by atoms with E-state index >= 15 is 0 Å². The van der Waals surface area contributed by atoms with Crippen molar-refractivity contribution in [3.8, 4) is 0 Å². The van der Waals surface area contributed by atoms with Gasteiger partial charge in [0.25, 0.3) is 0 Å². The maximum atomic E-state index is 13.3. The van der Waals surface area contributed by atoms with Crippen molar-refractivity contribution >= 4 is 28.7 Å². The molecule has 1 aromatic heterocycles. The van der Waals surface area contributed by atoms with Crippen LogP contribution in [0.25, 0.3) is 5.57 Å².